The van der Waals surface area contributed by atoms with Crippen LogP contribution in [0.15, 0.2) is 54.6 Å². The third kappa shape index (κ3) is 5.23. The van der Waals surface area contributed by atoms with Gasteiger partial charge < -0.3 is 10.6 Å². The van der Waals surface area contributed by atoms with E-state index in [4.69, 9.17) is 0 Å². The van der Waals surface area contributed by atoms with E-state index in [-0.39, 0.29) is 5.91 Å². The number of nitrogens with zero attached hydrogens (tertiary/aromatic N) is 4. The Hall–Kier alpha value is -3.06. The topological polar surface area (TPSA) is 84.7 Å². The average Bonchev–Trinajstić information content (AvgIpc) is 3.42. The van der Waals surface area contributed by atoms with Gasteiger partial charge in [0, 0.05) is 11.3 Å². The summed E-state index contributed by atoms with van der Waals surface area (Å²) in [6.07, 6.45) is 3.36. The van der Waals surface area contributed by atoms with E-state index in [1.165, 1.54) is 12.8 Å². The molecule has 0 spiro atoms. The molecule has 7 nitrogen and oxygen atoms in total. The van der Waals surface area contributed by atoms with Crippen LogP contribution < -0.4 is 10.6 Å². The highest BCUT2D eigenvalue weighted by Gasteiger charge is 2.20. The lowest BCUT2D eigenvalue weighted by molar-refractivity contribution is -0.115. The quantitative estimate of drug-likeness (QED) is 0.599. The first-order chi connectivity index (χ1) is 13.8. The molecule has 2 N–H and O–H groups in total. The lowest BCUT2D eigenvalue weighted by atomic mass is 10.1. The number of anilines is 1. The first kappa shape index (κ1) is 18.3. The van der Waals surface area contributed by atoms with Gasteiger partial charge in [-0.25, -0.2) is 0 Å². The lowest BCUT2D eigenvalue weighted by Crippen LogP contribution is -2.29. The van der Waals surface area contributed by atoms with Crippen molar-refractivity contribution in [2.75, 3.05) is 18.4 Å². The lowest BCUT2D eigenvalue weighted by Gasteiger charge is -2.07. The van der Waals surface area contributed by atoms with Gasteiger partial charge in [0.1, 0.15) is 0 Å². The molecule has 0 saturated heterocycles. The fraction of sp³-hybridized carbons (Fsp3) is 0.333. The van der Waals surface area contributed by atoms with Crippen LogP contribution in [0.5, 0.6) is 0 Å². The molecule has 28 heavy (non-hydrogen) atoms. The molecule has 4 rings (SSSR count). The van der Waals surface area contributed by atoms with Gasteiger partial charge in [0.25, 0.3) is 0 Å². The van der Waals surface area contributed by atoms with Crippen LogP contribution in [0.4, 0.5) is 5.69 Å². The predicted molar refractivity (Wildman–Crippen MR) is 108 cm³/mol. The number of benzene rings is 2. The van der Waals surface area contributed by atoms with E-state index in [1.54, 1.807) is 4.80 Å². The monoisotopic (exact) mass is 376 g/mol. The van der Waals surface area contributed by atoms with Crippen molar-refractivity contribution in [3.8, 4) is 11.4 Å². The van der Waals surface area contributed by atoms with Crippen molar-refractivity contribution in [2.24, 2.45) is 5.92 Å². The average molecular weight is 376 g/mol. The zero-order valence-electron chi connectivity index (χ0n) is 15.7. The molecule has 144 valence electrons. The van der Waals surface area contributed by atoms with Gasteiger partial charge in [-0.1, -0.05) is 42.5 Å². The molecule has 0 atom stereocenters. The smallest absolute Gasteiger partial charge is 0.238 e. The molecule has 7 heteroatoms. The molecule has 1 aliphatic rings. The Kier molecular flexibility index (Phi) is 5.72. The number of hydrogen-bond acceptors (Lipinski definition) is 5. The molecule has 1 saturated carbocycles. The maximum absolute atomic E-state index is 11.9. The molecule has 1 heterocycles. The summed E-state index contributed by atoms with van der Waals surface area (Å²) in [5, 5.41) is 18.8. The van der Waals surface area contributed by atoms with E-state index in [0.29, 0.717) is 18.9 Å². The van der Waals surface area contributed by atoms with E-state index in [0.717, 1.165) is 35.7 Å². The van der Waals surface area contributed by atoms with Crippen LogP contribution in [0.3, 0.4) is 0 Å². The minimum atomic E-state index is -0.00587. The number of rotatable bonds is 9. The molecule has 3 aromatic rings. The third-order valence-electron chi connectivity index (χ3n) is 4.74. The second-order valence-corrected chi connectivity index (χ2v) is 7.14. The van der Waals surface area contributed by atoms with Crippen LogP contribution in [-0.4, -0.2) is 39.2 Å². The van der Waals surface area contributed by atoms with Crippen LogP contribution >= 0.6 is 0 Å². The van der Waals surface area contributed by atoms with E-state index < -0.39 is 0 Å². The van der Waals surface area contributed by atoms with Gasteiger partial charge in [0.05, 0.1) is 13.1 Å². The SMILES string of the molecule is O=C(CNCC1CC1)Nc1ccc(CCn2nnc(-c3ccccc3)n2)cc1. The van der Waals surface area contributed by atoms with Crippen molar-refractivity contribution >= 4 is 11.6 Å². The van der Waals surface area contributed by atoms with Crippen molar-refractivity contribution < 1.29 is 4.79 Å². The maximum Gasteiger partial charge on any atom is 0.238 e. The second kappa shape index (κ2) is 8.75. The van der Waals surface area contributed by atoms with Crippen LogP contribution in [0, 0.1) is 5.92 Å². The molecule has 1 amide bonds. The number of aryl methyl sites for hydroxylation is 2. The van der Waals surface area contributed by atoms with Gasteiger partial charge in [0.15, 0.2) is 0 Å². The van der Waals surface area contributed by atoms with Gasteiger partial charge in [-0.05, 0) is 54.6 Å². The van der Waals surface area contributed by atoms with Crippen molar-refractivity contribution in [1.82, 2.24) is 25.5 Å². The summed E-state index contributed by atoms with van der Waals surface area (Å²) >= 11 is 0. The third-order valence-corrected chi connectivity index (χ3v) is 4.74. The van der Waals surface area contributed by atoms with Crippen LogP contribution in [0.1, 0.15) is 18.4 Å². The number of nitrogens with one attached hydrogen (secondary N) is 2. The summed E-state index contributed by atoms with van der Waals surface area (Å²) < 4.78 is 0. The summed E-state index contributed by atoms with van der Waals surface area (Å²) in [6, 6.07) is 17.7. The Labute approximate surface area is 164 Å². The van der Waals surface area contributed by atoms with Crippen LogP contribution in [0.2, 0.25) is 0 Å². The highest BCUT2D eigenvalue weighted by atomic mass is 16.1. The fourth-order valence-electron chi connectivity index (χ4n) is 2.94. The second-order valence-electron chi connectivity index (χ2n) is 7.14. The molecule has 0 aliphatic heterocycles. The number of aromatic nitrogens is 4. The highest BCUT2D eigenvalue weighted by molar-refractivity contribution is 5.92. The molecular formula is C21H24N6O. The van der Waals surface area contributed by atoms with E-state index in [1.807, 2.05) is 54.6 Å². The van der Waals surface area contributed by atoms with Crippen molar-refractivity contribution in [3.63, 3.8) is 0 Å². The molecular weight excluding hydrogens is 352 g/mol. The van der Waals surface area contributed by atoms with Gasteiger partial charge in [0.2, 0.25) is 11.7 Å². The van der Waals surface area contributed by atoms with E-state index in [2.05, 4.69) is 26.0 Å². The summed E-state index contributed by atoms with van der Waals surface area (Å²) in [5.41, 5.74) is 2.93. The minimum absolute atomic E-state index is 0.00587. The number of hydrogen-bond donors (Lipinski definition) is 2. The Balaban J connectivity index is 1.24. The van der Waals surface area contributed by atoms with Gasteiger partial charge in [-0.15, -0.1) is 10.2 Å². The zero-order chi connectivity index (χ0) is 19.2. The summed E-state index contributed by atoms with van der Waals surface area (Å²) in [4.78, 5) is 13.5. The summed E-state index contributed by atoms with van der Waals surface area (Å²) in [7, 11) is 0. The minimum Gasteiger partial charge on any atom is -0.325 e. The molecule has 0 radical (unpaired) electrons. The Morgan fingerprint density at radius 2 is 1.86 bits per heavy atom. The first-order valence-electron chi connectivity index (χ1n) is 9.69. The Bertz CT molecular complexity index is 902. The number of amides is 1. The Morgan fingerprint density at radius 3 is 2.61 bits per heavy atom. The van der Waals surface area contributed by atoms with E-state index in [9.17, 15) is 4.79 Å². The number of tetrazole rings is 1. The van der Waals surface area contributed by atoms with Gasteiger partial charge >= 0.3 is 0 Å². The summed E-state index contributed by atoms with van der Waals surface area (Å²) in [5.74, 6) is 1.40. The van der Waals surface area contributed by atoms with Crippen LogP contribution in [-0.2, 0) is 17.8 Å². The number of carbonyl (C=O) groups is 1. The molecule has 1 aromatic heterocycles. The molecule has 0 bridgehead atoms. The first-order valence-corrected chi connectivity index (χ1v) is 9.69. The van der Waals surface area contributed by atoms with E-state index >= 15 is 0 Å². The van der Waals surface area contributed by atoms with Crippen LogP contribution in [0.25, 0.3) is 11.4 Å². The van der Waals surface area contributed by atoms with Gasteiger partial charge in [-0.3, -0.25) is 4.79 Å². The largest absolute Gasteiger partial charge is 0.325 e. The Morgan fingerprint density at radius 1 is 1.07 bits per heavy atom. The highest BCUT2D eigenvalue weighted by Crippen LogP contribution is 2.27. The summed E-state index contributed by atoms with van der Waals surface area (Å²) in [6.45, 7) is 1.95. The van der Waals surface area contributed by atoms with Crippen molar-refractivity contribution in [3.05, 3.63) is 60.2 Å². The maximum atomic E-state index is 11.9. The van der Waals surface area contributed by atoms with Gasteiger partial charge in [-0.2, -0.15) is 4.80 Å². The normalized spacial score (nSPS) is 13.4. The fourth-order valence-corrected chi connectivity index (χ4v) is 2.94. The molecule has 0 unspecified atom stereocenters. The predicted octanol–water partition coefficient (Wildman–Crippen LogP) is 2.52. The van der Waals surface area contributed by atoms with Crippen molar-refractivity contribution in [2.45, 2.75) is 25.8 Å². The molecule has 1 fully saturated rings. The standard InChI is InChI=1S/C21H24N6O/c28-20(15-22-14-17-6-7-17)23-19-10-8-16(9-11-19)12-13-27-25-21(24-26-27)18-4-2-1-3-5-18/h1-5,8-11,17,22H,6-7,12-15H2,(H,23,28). The molecule has 1 aliphatic carbocycles. The number of carbonyl (C=O) groups excluding carboxylic acids is 1. The molecule has 2 aromatic carbocycles. The zero-order valence-corrected chi connectivity index (χ0v) is 15.7. The van der Waals surface area contributed by atoms with Crippen molar-refractivity contribution in [1.29, 1.82) is 0 Å².